The van der Waals surface area contributed by atoms with Gasteiger partial charge in [-0.15, -0.1) is 0 Å². The number of rotatable bonds is 6. The molecule has 2 unspecified atom stereocenters. The molecule has 4 nitrogen and oxygen atoms in total. The first-order valence-corrected chi connectivity index (χ1v) is 7.14. The van der Waals surface area contributed by atoms with Crippen molar-refractivity contribution in [2.24, 2.45) is 17.8 Å². The van der Waals surface area contributed by atoms with E-state index in [1.807, 2.05) is 0 Å². The summed E-state index contributed by atoms with van der Waals surface area (Å²) >= 11 is 0. The quantitative estimate of drug-likeness (QED) is 0.807. The fourth-order valence-corrected chi connectivity index (χ4v) is 2.74. The number of amides is 1. The molecule has 0 heterocycles. The summed E-state index contributed by atoms with van der Waals surface area (Å²) in [4.78, 5) is 23.9. The predicted molar refractivity (Wildman–Crippen MR) is 74.7 cm³/mol. The third-order valence-electron chi connectivity index (χ3n) is 4.24. The van der Waals surface area contributed by atoms with Crippen LogP contribution in [0, 0.1) is 17.8 Å². The number of Topliss-reactive ketones (excluding diaryl/α,β-unsaturated/α-hetero) is 1. The van der Waals surface area contributed by atoms with E-state index < -0.39 is 0 Å². The molecule has 1 N–H and O–H groups in total. The molecule has 20 heavy (non-hydrogen) atoms. The highest BCUT2D eigenvalue weighted by Gasteiger charge is 2.50. The van der Waals surface area contributed by atoms with Gasteiger partial charge in [0.15, 0.2) is 5.78 Å². The second-order valence-corrected chi connectivity index (χ2v) is 5.71. The molecule has 2 aliphatic rings. The first-order valence-electron chi connectivity index (χ1n) is 7.14. The van der Waals surface area contributed by atoms with Crippen LogP contribution >= 0.6 is 0 Å². The van der Waals surface area contributed by atoms with Gasteiger partial charge in [0.05, 0.1) is 13.7 Å². The number of methoxy groups -OCH3 is 1. The molecule has 0 aliphatic heterocycles. The summed E-state index contributed by atoms with van der Waals surface area (Å²) in [7, 11) is 1.59. The van der Waals surface area contributed by atoms with Crippen LogP contribution in [-0.2, 0) is 4.79 Å². The SMILES string of the molecule is COc1ccc(C(=O)CNC(=O)C2CC2C2CC2)cc1. The van der Waals surface area contributed by atoms with Crippen molar-refractivity contribution in [1.29, 1.82) is 0 Å². The third-order valence-corrected chi connectivity index (χ3v) is 4.24. The summed E-state index contributed by atoms with van der Waals surface area (Å²) in [6, 6.07) is 6.94. The van der Waals surface area contributed by atoms with Crippen LogP contribution in [0.5, 0.6) is 5.75 Å². The van der Waals surface area contributed by atoms with E-state index in [0.717, 1.165) is 18.1 Å². The molecule has 0 saturated heterocycles. The normalized spacial score (nSPS) is 24.1. The van der Waals surface area contributed by atoms with Gasteiger partial charge < -0.3 is 10.1 Å². The van der Waals surface area contributed by atoms with Gasteiger partial charge >= 0.3 is 0 Å². The van der Waals surface area contributed by atoms with Gasteiger partial charge in [-0.1, -0.05) is 0 Å². The number of ether oxygens (including phenoxy) is 1. The Labute approximate surface area is 118 Å². The molecule has 1 aromatic carbocycles. The van der Waals surface area contributed by atoms with E-state index >= 15 is 0 Å². The van der Waals surface area contributed by atoms with E-state index in [1.165, 1.54) is 12.8 Å². The molecule has 3 rings (SSSR count). The number of ketones is 1. The van der Waals surface area contributed by atoms with Crippen molar-refractivity contribution in [3.05, 3.63) is 29.8 Å². The number of benzene rings is 1. The van der Waals surface area contributed by atoms with Crippen LogP contribution in [0.4, 0.5) is 0 Å². The molecule has 106 valence electrons. The highest BCUT2D eigenvalue weighted by molar-refractivity contribution is 5.99. The first kappa shape index (κ1) is 13.2. The minimum Gasteiger partial charge on any atom is -0.497 e. The van der Waals surface area contributed by atoms with Gasteiger partial charge in [-0.05, 0) is 55.4 Å². The Kier molecular flexibility index (Phi) is 3.47. The van der Waals surface area contributed by atoms with E-state index in [0.29, 0.717) is 11.5 Å². The molecular weight excluding hydrogens is 254 g/mol. The molecule has 2 fully saturated rings. The number of hydrogen-bond donors (Lipinski definition) is 1. The van der Waals surface area contributed by atoms with Crippen molar-refractivity contribution in [1.82, 2.24) is 5.32 Å². The fourth-order valence-electron chi connectivity index (χ4n) is 2.74. The maximum atomic E-state index is 12.0. The molecule has 0 bridgehead atoms. The summed E-state index contributed by atoms with van der Waals surface area (Å²) in [5, 5.41) is 2.76. The summed E-state index contributed by atoms with van der Waals surface area (Å²) in [5.74, 6) is 2.23. The van der Waals surface area contributed by atoms with Gasteiger partial charge in [0.2, 0.25) is 5.91 Å². The largest absolute Gasteiger partial charge is 0.497 e. The van der Waals surface area contributed by atoms with Crippen molar-refractivity contribution < 1.29 is 14.3 Å². The van der Waals surface area contributed by atoms with Crippen LogP contribution in [0.25, 0.3) is 0 Å². The van der Waals surface area contributed by atoms with Crippen molar-refractivity contribution in [3.8, 4) is 5.75 Å². The molecule has 2 aliphatic carbocycles. The summed E-state index contributed by atoms with van der Waals surface area (Å²) < 4.78 is 5.05. The molecule has 1 amide bonds. The van der Waals surface area contributed by atoms with Gasteiger partial charge in [0.25, 0.3) is 0 Å². The lowest BCUT2D eigenvalue weighted by atomic mass is 10.1. The van der Waals surface area contributed by atoms with E-state index in [4.69, 9.17) is 4.74 Å². The van der Waals surface area contributed by atoms with Gasteiger partial charge in [-0.2, -0.15) is 0 Å². The number of nitrogens with one attached hydrogen (secondary N) is 1. The summed E-state index contributed by atoms with van der Waals surface area (Å²) in [5.41, 5.74) is 0.598. The van der Waals surface area contributed by atoms with E-state index in [-0.39, 0.29) is 24.2 Å². The third kappa shape index (κ3) is 2.84. The number of carbonyl (C=O) groups excluding carboxylic acids is 2. The highest BCUT2D eigenvalue weighted by Crippen LogP contribution is 2.54. The van der Waals surface area contributed by atoms with E-state index in [9.17, 15) is 9.59 Å². The highest BCUT2D eigenvalue weighted by atomic mass is 16.5. The van der Waals surface area contributed by atoms with Gasteiger partial charge in [-0.3, -0.25) is 9.59 Å². The maximum absolute atomic E-state index is 12.0. The van der Waals surface area contributed by atoms with Crippen LogP contribution in [0.1, 0.15) is 29.6 Å². The standard InChI is InChI=1S/C16H19NO3/c1-20-12-6-4-11(5-7-12)15(18)9-17-16(19)14-8-13(14)10-2-3-10/h4-7,10,13-14H,2-3,8-9H2,1H3,(H,17,19). The van der Waals surface area contributed by atoms with E-state index in [1.54, 1.807) is 31.4 Å². The van der Waals surface area contributed by atoms with Crippen LogP contribution in [0.3, 0.4) is 0 Å². The molecular formula is C16H19NO3. The van der Waals surface area contributed by atoms with Crippen molar-refractivity contribution in [3.63, 3.8) is 0 Å². The van der Waals surface area contributed by atoms with E-state index in [2.05, 4.69) is 5.32 Å². The molecule has 0 aromatic heterocycles. The van der Waals surface area contributed by atoms with Crippen molar-refractivity contribution >= 4 is 11.7 Å². The van der Waals surface area contributed by atoms with Crippen LogP contribution in [0.2, 0.25) is 0 Å². The summed E-state index contributed by atoms with van der Waals surface area (Å²) in [6.07, 6.45) is 3.56. The Morgan fingerprint density at radius 3 is 2.55 bits per heavy atom. The maximum Gasteiger partial charge on any atom is 0.223 e. The molecule has 4 heteroatoms. The van der Waals surface area contributed by atoms with Crippen molar-refractivity contribution in [2.45, 2.75) is 19.3 Å². The second kappa shape index (κ2) is 5.27. The van der Waals surface area contributed by atoms with Crippen molar-refractivity contribution in [2.75, 3.05) is 13.7 Å². The Hall–Kier alpha value is -1.84. The van der Waals surface area contributed by atoms with Gasteiger partial charge in [-0.25, -0.2) is 0 Å². The molecule has 0 radical (unpaired) electrons. The first-order chi connectivity index (χ1) is 9.69. The molecule has 2 atom stereocenters. The fraction of sp³-hybridized carbons (Fsp3) is 0.500. The zero-order valence-corrected chi connectivity index (χ0v) is 11.6. The van der Waals surface area contributed by atoms with Gasteiger partial charge in [0.1, 0.15) is 5.75 Å². The lowest BCUT2D eigenvalue weighted by Crippen LogP contribution is -2.31. The van der Waals surface area contributed by atoms with Crippen LogP contribution in [0.15, 0.2) is 24.3 Å². The molecule has 2 saturated carbocycles. The second-order valence-electron chi connectivity index (χ2n) is 5.71. The Morgan fingerprint density at radius 1 is 1.25 bits per heavy atom. The Balaban J connectivity index is 1.47. The zero-order chi connectivity index (χ0) is 14.1. The smallest absolute Gasteiger partial charge is 0.223 e. The van der Waals surface area contributed by atoms with Crippen LogP contribution in [-0.4, -0.2) is 25.3 Å². The lowest BCUT2D eigenvalue weighted by molar-refractivity contribution is -0.122. The number of carbonyl (C=O) groups is 2. The zero-order valence-electron chi connectivity index (χ0n) is 11.6. The minimum atomic E-state index is -0.0652. The average Bonchev–Trinajstić information content (AvgIpc) is 3.35. The number of hydrogen-bond acceptors (Lipinski definition) is 3. The van der Waals surface area contributed by atoms with Crippen LogP contribution < -0.4 is 10.1 Å². The minimum absolute atomic E-state index is 0.0451. The lowest BCUT2D eigenvalue weighted by Gasteiger charge is -2.05. The monoisotopic (exact) mass is 273 g/mol. The van der Waals surface area contributed by atoms with Gasteiger partial charge in [0, 0.05) is 11.5 Å². The molecule has 1 aromatic rings. The average molecular weight is 273 g/mol. The molecule has 0 spiro atoms. The topological polar surface area (TPSA) is 55.4 Å². The predicted octanol–water partition coefficient (Wildman–Crippen LogP) is 2.04. The summed E-state index contributed by atoms with van der Waals surface area (Å²) in [6.45, 7) is 0.0824. The Bertz CT molecular complexity index is 519. The Morgan fingerprint density at radius 2 is 1.95 bits per heavy atom.